The predicted octanol–water partition coefficient (Wildman–Crippen LogP) is 2.10. The van der Waals surface area contributed by atoms with Gasteiger partial charge in [0.1, 0.15) is 6.10 Å². The van der Waals surface area contributed by atoms with Crippen molar-refractivity contribution in [3.63, 3.8) is 0 Å². The zero-order valence-corrected chi connectivity index (χ0v) is 13.0. The van der Waals surface area contributed by atoms with Gasteiger partial charge in [-0.25, -0.2) is 0 Å². The third kappa shape index (κ3) is 3.35. The van der Waals surface area contributed by atoms with Crippen LogP contribution in [0.15, 0.2) is 24.3 Å². The molecular weight excluding hydrogens is 282 g/mol. The third-order valence-corrected chi connectivity index (χ3v) is 4.40. The first-order valence-electron chi connectivity index (χ1n) is 7.94. The number of methoxy groups -OCH3 is 1. The predicted molar refractivity (Wildman–Crippen MR) is 82.2 cm³/mol. The van der Waals surface area contributed by atoms with Gasteiger partial charge in [-0.05, 0) is 18.6 Å². The molecule has 1 aromatic rings. The van der Waals surface area contributed by atoms with Crippen LogP contribution in [0.5, 0.6) is 11.5 Å². The molecular formula is C17H23NO4. The molecule has 5 nitrogen and oxygen atoms in total. The smallest absolute Gasteiger partial charge is 0.228 e. The monoisotopic (exact) mass is 305 g/mol. The van der Waals surface area contributed by atoms with Crippen molar-refractivity contribution in [2.45, 2.75) is 25.4 Å². The van der Waals surface area contributed by atoms with E-state index in [9.17, 15) is 4.79 Å². The van der Waals surface area contributed by atoms with E-state index in [4.69, 9.17) is 14.2 Å². The molecule has 0 saturated carbocycles. The minimum absolute atomic E-state index is 0.0617. The summed E-state index contributed by atoms with van der Waals surface area (Å²) in [5.41, 5.74) is 0. The number of amides is 1. The first-order valence-corrected chi connectivity index (χ1v) is 7.94. The summed E-state index contributed by atoms with van der Waals surface area (Å²) in [6.07, 6.45) is 2.71. The van der Waals surface area contributed by atoms with Gasteiger partial charge in [-0.1, -0.05) is 12.1 Å². The molecule has 0 bridgehead atoms. The van der Waals surface area contributed by atoms with Gasteiger partial charge in [-0.2, -0.15) is 0 Å². The average Bonchev–Trinajstić information content (AvgIpc) is 3.10. The summed E-state index contributed by atoms with van der Waals surface area (Å²) in [7, 11) is 1.65. The highest BCUT2D eigenvalue weighted by Gasteiger charge is 2.31. The molecule has 2 aliphatic rings. The van der Waals surface area contributed by atoms with E-state index in [1.807, 2.05) is 29.2 Å². The lowest BCUT2D eigenvalue weighted by Crippen LogP contribution is -2.44. The quantitative estimate of drug-likeness (QED) is 0.855. The molecule has 0 aromatic heterocycles. The van der Waals surface area contributed by atoms with Crippen LogP contribution in [0.1, 0.15) is 19.3 Å². The van der Waals surface area contributed by atoms with E-state index in [-0.39, 0.29) is 17.9 Å². The van der Waals surface area contributed by atoms with Crippen molar-refractivity contribution in [1.29, 1.82) is 0 Å². The second-order valence-electron chi connectivity index (χ2n) is 5.85. The Kier molecular flexibility index (Phi) is 4.83. The van der Waals surface area contributed by atoms with Crippen molar-refractivity contribution in [2.75, 3.05) is 33.4 Å². The van der Waals surface area contributed by atoms with Crippen molar-refractivity contribution in [3.8, 4) is 11.5 Å². The van der Waals surface area contributed by atoms with Gasteiger partial charge in [0.2, 0.25) is 5.91 Å². The summed E-state index contributed by atoms with van der Waals surface area (Å²) >= 11 is 0. The van der Waals surface area contributed by atoms with Gasteiger partial charge >= 0.3 is 0 Å². The van der Waals surface area contributed by atoms with Gasteiger partial charge in [-0.15, -0.1) is 0 Å². The number of carbonyl (C=O) groups excluding carboxylic acids is 1. The summed E-state index contributed by atoms with van der Waals surface area (Å²) in [6, 6.07) is 7.69. The molecule has 2 aliphatic heterocycles. The molecule has 22 heavy (non-hydrogen) atoms. The van der Waals surface area contributed by atoms with E-state index in [0.29, 0.717) is 13.2 Å². The largest absolute Gasteiger partial charge is 0.493 e. The summed E-state index contributed by atoms with van der Waals surface area (Å²) in [4.78, 5) is 14.3. The maximum absolute atomic E-state index is 12.4. The average molecular weight is 305 g/mol. The molecule has 2 saturated heterocycles. The fourth-order valence-corrected chi connectivity index (χ4v) is 3.08. The van der Waals surface area contributed by atoms with E-state index in [2.05, 4.69) is 0 Å². The normalized spacial score (nSPS) is 22.6. The number of benzene rings is 1. The Morgan fingerprint density at radius 1 is 1.18 bits per heavy atom. The number of likely N-dealkylation sites (tertiary alicyclic amines) is 1. The molecule has 0 N–H and O–H groups in total. The Labute approximate surface area is 131 Å². The maximum atomic E-state index is 12.4. The topological polar surface area (TPSA) is 48.0 Å². The van der Waals surface area contributed by atoms with Crippen LogP contribution in [0.4, 0.5) is 0 Å². The molecule has 0 unspecified atom stereocenters. The van der Waals surface area contributed by atoms with E-state index in [0.717, 1.165) is 43.9 Å². The maximum Gasteiger partial charge on any atom is 0.228 e. The Hall–Kier alpha value is -1.75. The summed E-state index contributed by atoms with van der Waals surface area (Å²) in [6.45, 7) is 2.81. The fourth-order valence-electron chi connectivity index (χ4n) is 3.08. The minimum atomic E-state index is 0.0617. The number of para-hydroxylation sites is 2. The van der Waals surface area contributed by atoms with Crippen molar-refractivity contribution in [3.05, 3.63) is 24.3 Å². The molecule has 3 rings (SSSR count). The highest BCUT2D eigenvalue weighted by atomic mass is 16.5. The SMILES string of the molecule is COc1ccccc1OC1CCN(C(=O)[C@H]2CCOC2)CC1. The molecule has 5 heteroatoms. The lowest BCUT2D eigenvalue weighted by Gasteiger charge is -2.33. The van der Waals surface area contributed by atoms with Crippen molar-refractivity contribution < 1.29 is 19.0 Å². The zero-order valence-electron chi connectivity index (χ0n) is 13.0. The van der Waals surface area contributed by atoms with Gasteiger partial charge in [-0.3, -0.25) is 4.79 Å². The van der Waals surface area contributed by atoms with Gasteiger partial charge in [0.15, 0.2) is 11.5 Å². The van der Waals surface area contributed by atoms with Crippen molar-refractivity contribution >= 4 is 5.91 Å². The van der Waals surface area contributed by atoms with Crippen LogP contribution in [0.25, 0.3) is 0 Å². The molecule has 2 heterocycles. The van der Waals surface area contributed by atoms with Crippen LogP contribution < -0.4 is 9.47 Å². The highest BCUT2D eigenvalue weighted by Crippen LogP contribution is 2.29. The molecule has 0 spiro atoms. The Balaban J connectivity index is 1.52. The number of hydrogen-bond donors (Lipinski definition) is 0. The lowest BCUT2D eigenvalue weighted by molar-refractivity contribution is -0.137. The van der Waals surface area contributed by atoms with E-state index in [1.54, 1.807) is 7.11 Å². The molecule has 1 atom stereocenters. The minimum Gasteiger partial charge on any atom is -0.493 e. The first kappa shape index (κ1) is 15.2. The summed E-state index contributed by atoms with van der Waals surface area (Å²) < 4.78 is 16.7. The Morgan fingerprint density at radius 3 is 2.55 bits per heavy atom. The van der Waals surface area contributed by atoms with Crippen LogP contribution in [0, 0.1) is 5.92 Å². The van der Waals surface area contributed by atoms with Crippen LogP contribution in [-0.2, 0) is 9.53 Å². The number of carbonyl (C=O) groups is 1. The van der Waals surface area contributed by atoms with Crippen molar-refractivity contribution in [1.82, 2.24) is 4.90 Å². The molecule has 1 amide bonds. The molecule has 120 valence electrons. The third-order valence-electron chi connectivity index (χ3n) is 4.40. The van der Waals surface area contributed by atoms with Gasteiger partial charge in [0.05, 0.1) is 19.6 Å². The molecule has 1 aromatic carbocycles. The van der Waals surface area contributed by atoms with Crippen LogP contribution >= 0.6 is 0 Å². The molecule has 0 aliphatic carbocycles. The standard InChI is InChI=1S/C17H23NO4/c1-20-15-4-2-3-5-16(15)22-14-6-9-18(10-7-14)17(19)13-8-11-21-12-13/h2-5,13-14H,6-12H2,1H3/t13-/m0/s1. The summed E-state index contributed by atoms with van der Waals surface area (Å²) in [5, 5.41) is 0. The lowest BCUT2D eigenvalue weighted by atomic mass is 10.0. The number of ether oxygens (including phenoxy) is 3. The van der Waals surface area contributed by atoms with Gasteiger partial charge < -0.3 is 19.1 Å². The number of piperidine rings is 1. The van der Waals surface area contributed by atoms with Crippen molar-refractivity contribution in [2.24, 2.45) is 5.92 Å². The number of hydrogen-bond acceptors (Lipinski definition) is 4. The van der Waals surface area contributed by atoms with Gasteiger partial charge in [0, 0.05) is 32.5 Å². The fraction of sp³-hybridized carbons (Fsp3) is 0.588. The first-order chi connectivity index (χ1) is 10.8. The second-order valence-corrected chi connectivity index (χ2v) is 5.85. The van der Waals surface area contributed by atoms with Crippen LogP contribution in [0.3, 0.4) is 0 Å². The number of nitrogens with zero attached hydrogens (tertiary/aromatic N) is 1. The molecule has 0 radical (unpaired) electrons. The van der Waals surface area contributed by atoms with E-state index >= 15 is 0 Å². The van der Waals surface area contributed by atoms with E-state index < -0.39 is 0 Å². The summed E-state index contributed by atoms with van der Waals surface area (Å²) in [5.74, 6) is 1.84. The highest BCUT2D eigenvalue weighted by molar-refractivity contribution is 5.79. The van der Waals surface area contributed by atoms with Gasteiger partial charge in [0.25, 0.3) is 0 Å². The molecule has 2 fully saturated rings. The Bertz CT molecular complexity index is 505. The van der Waals surface area contributed by atoms with E-state index in [1.165, 1.54) is 0 Å². The number of rotatable bonds is 4. The zero-order chi connectivity index (χ0) is 15.4. The van der Waals surface area contributed by atoms with Crippen LogP contribution in [-0.4, -0.2) is 50.3 Å². The Morgan fingerprint density at radius 2 is 1.91 bits per heavy atom. The second kappa shape index (κ2) is 7.01. The van der Waals surface area contributed by atoms with Crippen LogP contribution in [0.2, 0.25) is 0 Å².